The largest absolute Gasteiger partial charge is 0.449 e. The summed E-state index contributed by atoms with van der Waals surface area (Å²) in [5, 5.41) is 2.36. The summed E-state index contributed by atoms with van der Waals surface area (Å²) >= 11 is 12.7. The molecule has 2 heterocycles. The molecule has 5 rings (SSSR count). The number of benzene rings is 1. The standard InChI is InChI=1S/C26H28BrClN2O2S2/c27-22-15-20(32-25(22)33-21-13-11-17(28)12-14-21)16-23-24(31)30(19-9-5-2-6-10-19)26(34-23)29-18-7-3-1-4-8-18/h11-16,18-19H,1-10H2. The average Bonchev–Trinajstić information content (AvgIpc) is 3.34. The van der Waals surface area contributed by atoms with E-state index < -0.39 is 0 Å². The van der Waals surface area contributed by atoms with Crippen LogP contribution in [0.15, 0.2) is 59.1 Å². The van der Waals surface area contributed by atoms with Crippen LogP contribution in [0, 0.1) is 0 Å². The highest BCUT2D eigenvalue weighted by Crippen LogP contribution is 2.41. The van der Waals surface area contributed by atoms with Crippen molar-refractivity contribution >= 4 is 68.2 Å². The number of carbonyl (C=O) groups excluding carboxylic acids is 1. The molecule has 0 N–H and O–H groups in total. The molecule has 2 saturated carbocycles. The summed E-state index contributed by atoms with van der Waals surface area (Å²) in [6, 6.07) is 10.2. The van der Waals surface area contributed by atoms with Gasteiger partial charge >= 0.3 is 0 Å². The molecule has 8 heteroatoms. The van der Waals surface area contributed by atoms with Crippen molar-refractivity contribution in [1.29, 1.82) is 0 Å². The van der Waals surface area contributed by atoms with Gasteiger partial charge in [0.05, 0.1) is 15.4 Å². The highest BCUT2D eigenvalue weighted by molar-refractivity contribution is 9.10. The van der Waals surface area contributed by atoms with Crippen LogP contribution in [0.5, 0.6) is 0 Å². The molecule has 4 nitrogen and oxygen atoms in total. The van der Waals surface area contributed by atoms with Crippen LogP contribution in [-0.2, 0) is 4.79 Å². The number of carbonyl (C=O) groups is 1. The Morgan fingerprint density at radius 1 is 1.06 bits per heavy atom. The van der Waals surface area contributed by atoms with Crippen LogP contribution in [0.4, 0.5) is 0 Å². The minimum absolute atomic E-state index is 0.0749. The second-order valence-corrected chi connectivity index (χ2v) is 12.5. The zero-order valence-electron chi connectivity index (χ0n) is 19.0. The maximum Gasteiger partial charge on any atom is 0.267 e. The fourth-order valence-corrected chi connectivity index (χ4v) is 7.40. The topological polar surface area (TPSA) is 45.8 Å². The molecule has 2 aliphatic carbocycles. The van der Waals surface area contributed by atoms with Gasteiger partial charge in [-0.2, -0.15) is 0 Å². The monoisotopic (exact) mass is 578 g/mol. The molecule has 180 valence electrons. The van der Waals surface area contributed by atoms with Gasteiger partial charge in [-0.15, -0.1) is 0 Å². The molecule has 0 spiro atoms. The second-order valence-electron chi connectivity index (χ2n) is 9.12. The minimum Gasteiger partial charge on any atom is -0.449 e. The molecule has 0 atom stereocenters. The third-order valence-electron chi connectivity index (χ3n) is 6.62. The van der Waals surface area contributed by atoms with Gasteiger partial charge in [-0.05, 0) is 83.7 Å². The molecule has 0 unspecified atom stereocenters. The molecule has 0 radical (unpaired) electrons. The SMILES string of the molecule is O=C1C(=Cc2cc(Br)c(Sc3ccc(Cl)cc3)o2)SC(=NC2CCCCC2)N1C1CCCCC1. The third-order valence-corrected chi connectivity index (χ3v) is 9.71. The number of nitrogens with zero attached hydrogens (tertiary/aromatic N) is 2. The van der Waals surface area contributed by atoms with Gasteiger partial charge in [0.15, 0.2) is 10.3 Å². The van der Waals surface area contributed by atoms with Crippen molar-refractivity contribution in [2.45, 2.75) is 86.3 Å². The number of halogens is 2. The average molecular weight is 580 g/mol. The van der Waals surface area contributed by atoms with Gasteiger partial charge in [0.2, 0.25) is 0 Å². The smallest absolute Gasteiger partial charge is 0.267 e. The lowest BCUT2D eigenvalue weighted by molar-refractivity contribution is -0.124. The van der Waals surface area contributed by atoms with Crippen LogP contribution >= 0.6 is 51.1 Å². The predicted molar refractivity (Wildman–Crippen MR) is 146 cm³/mol. The zero-order chi connectivity index (χ0) is 23.5. The van der Waals surface area contributed by atoms with Crippen molar-refractivity contribution in [3.63, 3.8) is 0 Å². The van der Waals surface area contributed by atoms with Crippen LogP contribution in [0.25, 0.3) is 6.08 Å². The molecule has 2 aromatic rings. The van der Waals surface area contributed by atoms with Gasteiger partial charge in [0.1, 0.15) is 5.76 Å². The maximum absolute atomic E-state index is 13.6. The highest BCUT2D eigenvalue weighted by Gasteiger charge is 2.39. The van der Waals surface area contributed by atoms with E-state index in [1.54, 1.807) is 0 Å². The van der Waals surface area contributed by atoms with E-state index in [9.17, 15) is 4.79 Å². The van der Waals surface area contributed by atoms with Crippen molar-refractivity contribution in [1.82, 2.24) is 4.90 Å². The summed E-state index contributed by atoms with van der Waals surface area (Å²) < 4.78 is 6.98. The Morgan fingerprint density at radius 2 is 1.74 bits per heavy atom. The first-order chi connectivity index (χ1) is 16.6. The van der Waals surface area contributed by atoms with Gasteiger partial charge in [0, 0.05) is 22.0 Å². The summed E-state index contributed by atoms with van der Waals surface area (Å²) in [6.07, 6.45) is 13.7. The number of thioether (sulfide) groups is 1. The number of aliphatic imine (C=N–C) groups is 1. The first-order valence-corrected chi connectivity index (χ1v) is 14.9. The summed E-state index contributed by atoms with van der Waals surface area (Å²) in [4.78, 5) is 22.4. The highest BCUT2D eigenvalue weighted by atomic mass is 79.9. The Labute approximate surface area is 223 Å². The number of amidine groups is 1. The molecule has 1 amide bonds. The summed E-state index contributed by atoms with van der Waals surface area (Å²) in [7, 11) is 0. The molecule has 1 aromatic carbocycles. The van der Waals surface area contributed by atoms with Gasteiger partial charge in [-0.25, -0.2) is 0 Å². The van der Waals surface area contributed by atoms with Crippen molar-refractivity contribution in [2.75, 3.05) is 0 Å². The third kappa shape index (κ3) is 5.80. The first kappa shape index (κ1) is 24.5. The summed E-state index contributed by atoms with van der Waals surface area (Å²) in [5.74, 6) is 0.743. The van der Waals surface area contributed by atoms with E-state index in [0.717, 1.165) is 45.3 Å². The van der Waals surface area contributed by atoms with Crippen molar-refractivity contribution in [3.05, 3.63) is 50.5 Å². The van der Waals surface area contributed by atoms with E-state index in [4.69, 9.17) is 21.0 Å². The molecule has 0 bridgehead atoms. The molecule has 1 saturated heterocycles. The number of furan rings is 1. The summed E-state index contributed by atoms with van der Waals surface area (Å²) in [6.45, 7) is 0. The van der Waals surface area contributed by atoms with Crippen molar-refractivity contribution < 1.29 is 9.21 Å². The number of amides is 1. The Hall–Kier alpha value is -1.15. The van der Waals surface area contributed by atoms with Crippen LogP contribution in [0.1, 0.15) is 70.0 Å². The fraction of sp³-hybridized carbons (Fsp3) is 0.462. The zero-order valence-corrected chi connectivity index (χ0v) is 22.9. The first-order valence-electron chi connectivity index (χ1n) is 12.1. The molecule has 3 fully saturated rings. The Bertz CT molecular complexity index is 1090. The van der Waals surface area contributed by atoms with E-state index in [0.29, 0.717) is 21.7 Å². The van der Waals surface area contributed by atoms with E-state index in [-0.39, 0.29) is 11.9 Å². The number of rotatable bonds is 5. The van der Waals surface area contributed by atoms with Crippen molar-refractivity contribution in [2.24, 2.45) is 4.99 Å². The second kappa shape index (κ2) is 11.3. The molecule has 3 aliphatic rings. The quantitative estimate of drug-likeness (QED) is 0.332. The molecule has 34 heavy (non-hydrogen) atoms. The van der Waals surface area contributed by atoms with Crippen molar-refractivity contribution in [3.8, 4) is 0 Å². The lowest BCUT2D eigenvalue weighted by Gasteiger charge is -2.31. The molecular formula is C26H28BrClN2O2S2. The fourth-order valence-electron chi connectivity index (χ4n) is 4.85. The van der Waals surface area contributed by atoms with Crippen LogP contribution in [0.2, 0.25) is 5.02 Å². The van der Waals surface area contributed by atoms with Gasteiger partial charge in [0.25, 0.3) is 5.91 Å². The van der Waals surface area contributed by atoms with Crippen LogP contribution in [0.3, 0.4) is 0 Å². The number of hydrogen-bond donors (Lipinski definition) is 0. The predicted octanol–water partition coefficient (Wildman–Crippen LogP) is 8.78. The molecule has 1 aromatic heterocycles. The Balaban J connectivity index is 1.39. The number of hydrogen-bond acceptors (Lipinski definition) is 5. The van der Waals surface area contributed by atoms with Gasteiger partial charge < -0.3 is 4.42 Å². The summed E-state index contributed by atoms with van der Waals surface area (Å²) in [5.41, 5.74) is 0. The van der Waals surface area contributed by atoms with Crippen LogP contribution < -0.4 is 0 Å². The Morgan fingerprint density at radius 3 is 2.44 bits per heavy atom. The molecular weight excluding hydrogens is 552 g/mol. The maximum atomic E-state index is 13.6. The molecule has 1 aliphatic heterocycles. The van der Waals surface area contributed by atoms with E-state index in [2.05, 4.69) is 15.9 Å². The normalized spacial score (nSPS) is 22.9. The van der Waals surface area contributed by atoms with E-state index in [1.165, 1.54) is 62.0 Å². The minimum atomic E-state index is 0.0749. The lowest BCUT2D eigenvalue weighted by Crippen LogP contribution is -2.41. The van der Waals surface area contributed by atoms with E-state index in [1.807, 2.05) is 41.3 Å². The van der Waals surface area contributed by atoms with Gasteiger partial charge in [-0.1, -0.05) is 61.9 Å². The van der Waals surface area contributed by atoms with Gasteiger partial charge in [-0.3, -0.25) is 14.7 Å². The van der Waals surface area contributed by atoms with E-state index >= 15 is 0 Å². The lowest BCUT2D eigenvalue weighted by atomic mass is 9.94. The Kier molecular flexibility index (Phi) is 8.14. The van der Waals surface area contributed by atoms with Crippen LogP contribution in [-0.4, -0.2) is 28.1 Å².